The van der Waals surface area contributed by atoms with Gasteiger partial charge in [0.1, 0.15) is 11.6 Å². The van der Waals surface area contributed by atoms with Gasteiger partial charge in [0.15, 0.2) is 5.65 Å². The van der Waals surface area contributed by atoms with Gasteiger partial charge in [0.2, 0.25) is 0 Å². The minimum Gasteiger partial charge on any atom is -0.367 e. The van der Waals surface area contributed by atoms with Crippen molar-refractivity contribution in [2.75, 3.05) is 5.32 Å². The van der Waals surface area contributed by atoms with E-state index in [4.69, 9.17) is 21.6 Å². The lowest BCUT2D eigenvalue weighted by atomic mass is 9.91. The number of aryl methyl sites for hydroxylation is 1. The van der Waals surface area contributed by atoms with E-state index in [1.54, 1.807) is 4.68 Å². The molecule has 37 heavy (non-hydrogen) atoms. The fourth-order valence-electron chi connectivity index (χ4n) is 4.79. The van der Waals surface area contributed by atoms with Crippen LogP contribution in [0.2, 0.25) is 5.02 Å². The number of fused-ring (bicyclic) bond motifs is 1. The second-order valence-electron chi connectivity index (χ2n) is 10.0. The maximum absolute atomic E-state index is 12.7. The Hall–Kier alpha value is -3.45. The first-order valence-corrected chi connectivity index (χ1v) is 13.5. The molecule has 2 aromatic carbocycles. The lowest BCUT2D eigenvalue weighted by molar-refractivity contribution is 0.0926. The molecule has 192 valence electrons. The highest BCUT2D eigenvalue weighted by molar-refractivity contribution is 6.32. The Bertz CT molecular complexity index is 1390. The number of carbonyl (C=O) groups is 1. The van der Waals surface area contributed by atoms with Gasteiger partial charge in [0, 0.05) is 23.6 Å². The standard InChI is InChI=1S/C29H33ClN6O/c1-4-19(3)26-34-27(23-17-31-36(28(23)35-26)25-8-6-5-7-24(25)30)32-21-13-15-22(16-14-21)33-29(37)20-11-9-18(2)10-12-20/h5-12,17,19,21-22H,4,13-16H2,1-3H3,(H,33,37)(H,32,34,35)/t19-,21?,22?/m1/s1. The molecule has 2 aromatic heterocycles. The van der Waals surface area contributed by atoms with Crippen LogP contribution in [0.4, 0.5) is 5.82 Å². The number of benzene rings is 2. The van der Waals surface area contributed by atoms with Gasteiger partial charge in [0.25, 0.3) is 5.91 Å². The first kappa shape index (κ1) is 25.2. The Kier molecular flexibility index (Phi) is 7.42. The smallest absolute Gasteiger partial charge is 0.251 e. The number of anilines is 1. The molecule has 0 bridgehead atoms. The lowest BCUT2D eigenvalue weighted by Gasteiger charge is -2.30. The molecule has 2 heterocycles. The normalized spacial score (nSPS) is 18.5. The zero-order valence-electron chi connectivity index (χ0n) is 21.5. The summed E-state index contributed by atoms with van der Waals surface area (Å²) in [7, 11) is 0. The van der Waals surface area contributed by atoms with E-state index in [9.17, 15) is 4.79 Å². The molecule has 0 aliphatic heterocycles. The van der Waals surface area contributed by atoms with Crippen LogP contribution in [0.15, 0.2) is 54.7 Å². The van der Waals surface area contributed by atoms with Crippen LogP contribution in [0.3, 0.4) is 0 Å². The molecule has 0 unspecified atom stereocenters. The van der Waals surface area contributed by atoms with E-state index in [0.717, 1.165) is 66.0 Å². The fraction of sp³-hybridized carbons (Fsp3) is 0.379. The van der Waals surface area contributed by atoms with Crippen LogP contribution in [-0.2, 0) is 0 Å². The summed E-state index contributed by atoms with van der Waals surface area (Å²) in [5, 5.41) is 13.0. The number of para-hydroxylation sites is 1. The molecule has 1 atom stereocenters. The quantitative estimate of drug-likeness (QED) is 0.295. The van der Waals surface area contributed by atoms with Gasteiger partial charge in [-0.15, -0.1) is 0 Å². The van der Waals surface area contributed by atoms with E-state index in [1.807, 2.05) is 61.7 Å². The van der Waals surface area contributed by atoms with Crippen molar-refractivity contribution >= 4 is 34.4 Å². The van der Waals surface area contributed by atoms with Crippen molar-refractivity contribution < 1.29 is 4.79 Å². The van der Waals surface area contributed by atoms with Crippen molar-refractivity contribution in [1.29, 1.82) is 0 Å². The van der Waals surface area contributed by atoms with Gasteiger partial charge in [-0.05, 0) is 63.3 Å². The van der Waals surface area contributed by atoms with E-state index in [0.29, 0.717) is 10.6 Å². The Labute approximate surface area is 222 Å². The first-order chi connectivity index (χ1) is 17.9. The summed E-state index contributed by atoms with van der Waals surface area (Å²) in [6, 6.07) is 15.8. The minimum absolute atomic E-state index is 0.000833. The molecule has 1 aliphatic carbocycles. The van der Waals surface area contributed by atoms with E-state index >= 15 is 0 Å². The number of carbonyl (C=O) groups excluding carboxylic acids is 1. The molecule has 1 fully saturated rings. The fourth-order valence-corrected chi connectivity index (χ4v) is 5.00. The van der Waals surface area contributed by atoms with E-state index in [-0.39, 0.29) is 23.9 Å². The summed E-state index contributed by atoms with van der Waals surface area (Å²) < 4.78 is 1.80. The van der Waals surface area contributed by atoms with Gasteiger partial charge < -0.3 is 10.6 Å². The Morgan fingerprint density at radius 2 is 1.76 bits per heavy atom. The van der Waals surface area contributed by atoms with E-state index in [2.05, 4.69) is 29.6 Å². The van der Waals surface area contributed by atoms with Crippen molar-refractivity contribution in [2.45, 2.75) is 70.9 Å². The monoisotopic (exact) mass is 516 g/mol. The maximum atomic E-state index is 12.7. The molecule has 0 saturated heterocycles. The number of nitrogens with one attached hydrogen (secondary N) is 2. The van der Waals surface area contributed by atoms with Crippen LogP contribution in [0, 0.1) is 6.92 Å². The average molecular weight is 517 g/mol. The number of halogens is 1. The van der Waals surface area contributed by atoms with Gasteiger partial charge in [-0.2, -0.15) is 5.10 Å². The SMILES string of the molecule is CC[C@@H](C)c1nc(NC2CCC(NC(=O)c3ccc(C)cc3)CC2)c2cnn(-c3ccccc3Cl)c2n1. The van der Waals surface area contributed by atoms with Crippen molar-refractivity contribution in [1.82, 2.24) is 25.1 Å². The van der Waals surface area contributed by atoms with Crippen molar-refractivity contribution in [3.8, 4) is 5.69 Å². The predicted molar refractivity (Wildman–Crippen MR) is 149 cm³/mol. The number of nitrogens with zero attached hydrogens (tertiary/aromatic N) is 4. The van der Waals surface area contributed by atoms with Gasteiger partial charge in [0.05, 0.1) is 22.3 Å². The summed E-state index contributed by atoms with van der Waals surface area (Å²) >= 11 is 6.49. The van der Waals surface area contributed by atoms with E-state index < -0.39 is 0 Å². The summed E-state index contributed by atoms with van der Waals surface area (Å²) in [4.78, 5) is 22.5. The van der Waals surface area contributed by atoms with Gasteiger partial charge in [-0.1, -0.05) is 55.3 Å². The number of hydrogen-bond acceptors (Lipinski definition) is 5. The Morgan fingerprint density at radius 1 is 1.05 bits per heavy atom. The molecule has 5 rings (SSSR count). The molecule has 7 nitrogen and oxygen atoms in total. The molecule has 8 heteroatoms. The molecule has 0 spiro atoms. The zero-order valence-corrected chi connectivity index (χ0v) is 22.3. The highest BCUT2D eigenvalue weighted by Crippen LogP contribution is 2.30. The Balaban J connectivity index is 1.33. The van der Waals surface area contributed by atoms with Crippen molar-refractivity contribution in [2.24, 2.45) is 0 Å². The number of amides is 1. The molecule has 1 saturated carbocycles. The number of aromatic nitrogens is 4. The van der Waals surface area contributed by atoms with Crippen LogP contribution < -0.4 is 10.6 Å². The first-order valence-electron chi connectivity index (χ1n) is 13.1. The van der Waals surface area contributed by atoms with Gasteiger partial charge in [-0.3, -0.25) is 4.79 Å². The maximum Gasteiger partial charge on any atom is 0.251 e. The van der Waals surface area contributed by atoms with Crippen LogP contribution in [0.1, 0.15) is 73.6 Å². The minimum atomic E-state index is -0.000833. The second kappa shape index (κ2) is 10.9. The molecule has 0 radical (unpaired) electrons. The topological polar surface area (TPSA) is 84.7 Å². The molecule has 2 N–H and O–H groups in total. The summed E-state index contributed by atoms with van der Waals surface area (Å²) in [5.74, 6) is 1.82. The van der Waals surface area contributed by atoms with E-state index in [1.165, 1.54) is 0 Å². The second-order valence-corrected chi connectivity index (χ2v) is 10.4. The molecule has 1 aliphatic rings. The zero-order chi connectivity index (χ0) is 25.9. The lowest BCUT2D eigenvalue weighted by Crippen LogP contribution is -2.40. The summed E-state index contributed by atoms with van der Waals surface area (Å²) in [6.07, 6.45) is 6.48. The summed E-state index contributed by atoms with van der Waals surface area (Å²) in [6.45, 7) is 6.31. The van der Waals surface area contributed by atoms with Crippen LogP contribution in [-0.4, -0.2) is 37.7 Å². The highest BCUT2D eigenvalue weighted by atomic mass is 35.5. The van der Waals surface area contributed by atoms with Crippen LogP contribution >= 0.6 is 11.6 Å². The van der Waals surface area contributed by atoms with Gasteiger partial charge in [-0.25, -0.2) is 14.6 Å². The highest BCUT2D eigenvalue weighted by Gasteiger charge is 2.25. The van der Waals surface area contributed by atoms with Gasteiger partial charge >= 0.3 is 0 Å². The molecular formula is C29H33ClN6O. The van der Waals surface area contributed by atoms with Crippen molar-refractivity contribution in [3.05, 3.63) is 76.7 Å². The average Bonchev–Trinajstić information content (AvgIpc) is 3.34. The number of hydrogen-bond donors (Lipinski definition) is 2. The summed E-state index contributed by atoms with van der Waals surface area (Å²) in [5.41, 5.74) is 3.40. The third-order valence-corrected chi connectivity index (χ3v) is 7.62. The van der Waals surface area contributed by atoms with Crippen molar-refractivity contribution in [3.63, 3.8) is 0 Å². The van der Waals surface area contributed by atoms with Crippen LogP contribution in [0.5, 0.6) is 0 Å². The predicted octanol–water partition coefficient (Wildman–Crippen LogP) is 6.44. The third kappa shape index (κ3) is 5.47. The molecular weight excluding hydrogens is 484 g/mol. The number of rotatable bonds is 7. The van der Waals surface area contributed by atoms with Crippen LogP contribution in [0.25, 0.3) is 16.7 Å². The largest absolute Gasteiger partial charge is 0.367 e. The third-order valence-electron chi connectivity index (χ3n) is 7.30. The molecule has 1 amide bonds. The molecule has 4 aromatic rings. The Morgan fingerprint density at radius 3 is 2.46 bits per heavy atom.